The minimum atomic E-state index is 0.445. The molecule has 0 aliphatic heterocycles. The van der Waals surface area contributed by atoms with Crippen molar-refractivity contribution in [2.75, 3.05) is 46.1 Å². The van der Waals surface area contributed by atoms with Crippen LogP contribution >= 0.6 is 0 Å². The summed E-state index contributed by atoms with van der Waals surface area (Å²) in [6.45, 7) is 8.80. The molecule has 0 rings (SSSR count). The molecule has 0 aromatic rings. The van der Waals surface area contributed by atoms with Crippen LogP contribution in [0.3, 0.4) is 0 Å². The average molecular weight is 200 g/mol. The van der Waals surface area contributed by atoms with E-state index >= 15 is 0 Å². The Morgan fingerprint density at radius 3 is 1.93 bits per heavy atom. The fourth-order valence-electron chi connectivity index (χ4n) is 1.05. The Bertz CT molecular complexity index is 147. The zero-order valence-electron chi connectivity index (χ0n) is 9.16. The summed E-state index contributed by atoms with van der Waals surface area (Å²) in [5.74, 6) is 0. The van der Waals surface area contributed by atoms with Crippen LogP contribution in [0.25, 0.3) is 0 Å². The van der Waals surface area contributed by atoms with E-state index in [1.54, 1.807) is 0 Å². The number of hydrogen-bond acceptors (Lipinski definition) is 4. The molecule has 0 saturated carbocycles. The predicted octanol–water partition coefficient (Wildman–Crippen LogP) is 0.885. The van der Waals surface area contributed by atoms with Crippen LogP contribution < -0.4 is 0 Å². The highest BCUT2D eigenvalue weighted by atomic mass is 16.5. The molecule has 0 N–H and O–H groups in total. The van der Waals surface area contributed by atoms with E-state index in [0.29, 0.717) is 19.8 Å². The van der Waals surface area contributed by atoms with E-state index < -0.39 is 0 Å². The fraction of sp³-hybridized carbons (Fsp3) is 0.900. The first-order chi connectivity index (χ1) is 6.85. The molecule has 0 aromatic heterocycles. The number of nitriles is 1. The number of hydrogen-bond donors (Lipinski definition) is 0. The van der Waals surface area contributed by atoms with Gasteiger partial charge in [0.2, 0.25) is 0 Å². The Morgan fingerprint density at radius 2 is 1.57 bits per heavy atom. The van der Waals surface area contributed by atoms with Crippen LogP contribution in [0.2, 0.25) is 0 Å². The number of ether oxygens (including phenoxy) is 2. The van der Waals surface area contributed by atoms with Gasteiger partial charge in [-0.25, -0.2) is 0 Å². The van der Waals surface area contributed by atoms with Gasteiger partial charge in [0.1, 0.15) is 0 Å². The smallest absolute Gasteiger partial charge is 0.0867 e. The monoisotopic (exact) mass is 200 g/mol. The van der Waals surface area contributed by atoms with Gasteiger partial charge in [0.05, 0.1) is 25.8 Å². The van der Waals surface area contributed by atoms with Crippen LogP contribution in [-0.4, -0.2) is 51.0 Å². The van der Waals surface area contributed by atoms with Crippen LogP contribution in [0.1, 0.15) is 13.8 Å². The van der Waals surface area contributed by atoms with Crippen LogP contribution in [0.5, 0.6) is 0 Å². The quantitative estimate of drug-likeness (QED) is 0.409. The average Bonchev–Trinajstić information content (AvgIpc) is 2.18. The Labute approximate surface area is 86.4 Å². The summed E-state index contributed by atoms with van der Waals surface area (Å²) < 4.78 is 10.4. The van der Waals surface area contributed by atoms with Crippen LogP contribution in [0, 0.1) is 11.3 Å². The van der Waals surface area contributed by atoms with Gasteiger partial charge in [0.15, 0.2) is 0 Å². The van der Waals surface area contributed by atoms with Crippen molar-refractivity contribution in [3.05, 3.63) is 0 Å². The highest BCUT2D eigenvalue weighted by molar-refractivity contribution is 4.76. The van der Waals surface area contributed by atoms with Crippen molar-refractivity contribution in [2.24, 2.45) is 0 Å². The molecule has 0 aliphatic carbocycles. The second-order valence-electron chi connectivity index (χ2n) is 2.83. The first-order valence-corrected chi connectivity index (χ1v) is 5.09. The van der Waals surface area contributed by atoms with Gasteiger partial charge < -0.3 is 9.47 Å². The molecule has 0 atom stereocenters. The Kier molecular flexibility index (Phi) is 9.98. The second-order valence-corrected chi connectivity index (χ2v) is 2.83. The molecule has 0 spiro atoms. The zero-order valence-corrected chi connectivity index (χ0v) is 9.16. The molecule has 0 radical (unpaired) electrons. The van der Waals surface area contributed by atoms with E-state index in [9.17, 15) is 0 Å². The van der Waals surface area contributed by atoms with E-state index in [4.69, 9.17) is 14.7 Å². The van der Waals surface area contributed by atoms with Crippen molar-refractivity contribution in [2.45, 2.75) is 13.8 Å². The third-order valence-electron chi connectivity index (χ3n) is 1.81. The molecule has 0 bridgehead atoms. The molecular formula is C10H20N2O2. The van der Waals surface area contributed by atoms with Gasteiger partial charge in [0.25, 0.3) is 0 Å². The SMILES string of the molecule is CCOCCN(CC#N)CCOCC. The standard InChI is InChI=1S/C10H20N2O2/c1-3-13-9-7-12(6-5-11)8-10-14-4-2/h3-4,6-10H2,1-2H3. The van der Waals surface area contributed by atoms with E-state index in [2.05, 4.69) is 6.07 Å². The van der Waals surface area contributed by atoms with Crippen LogP contribution in [0.4, 0.5) is 0 Å². The van der Waals surface area contributed by atoms with Crippen LogP contribution in [0.15, 0.2) is 0 Å². The third-order valence-corrected chi connectivity index (χ3v) is 1.81. The molecular weight excluding hydrogens is 180 g/mol. The summed E-state index contributed by atoms with van der Waals surface area (Å²) in [6, 6.07) is 2.14. The molecule has 4 nitrogen and oxygen atoms in total. The summed E-state index contributed by atoms with van der Waals surface area (Å²) in [4.78, 5) is 2.03. The summed E-state index contributed by atoms with van der Waals surface area (Å²) in [7, 11) is 0. The summed E-state index contributed by atoms with van der Waals surface area (Å²) in [5, 5.41) is 8.58. The Morgan fingerprint density at radius 1 is 1.07 bits per heavy atom. The molecule has 82 valence electrons. The van der Waals surface area contributed by atoms with E-state index in [1.807, 2.05) is 18.7 Å². The van der Waals surface area contributed by atoms with E-state index in [0.717, 1.165) is 26.3 Å². The molecule has 0 aliphatic rings. The summed E-state index contributed by atoms with van der Waals surface area (Å²) in [6.07, 6.45) is 0. The normalized spacial score (nSPS) is 10.4. The maximum Gasteiger partial charge on any atom is 0.0867 e. The predicted molar refractivity (Wildman–Crippen MR) is 55.0 cm³/mol. The minimum absolute atomic E-state index is 0.445. The summed E-state index contributed by atoms with van der Waals surface area (Å²) in [5.41, 5.74) is 0. The lowest BCUT2D eigenvalue weighted by molar-refractivity contribution is 0.0884. The van der Waals surface area contributed by atoms with Crippen molar-refractivity contribution in [3.8, 4) is 6.07 Å². The molecule has 14 heavy (non-hydrogen) atoms. The van der Waals surface area contributed by atoms with Crippen molar-refractivity contribution >= 4 is 0 Å². The molecule has 4 heteroatoms. The number of nitrogens with zero attached hydrogens (tertiary/aromatic N) is 2. The maximum absolute atomic E-state index is 8.58. The van der Waals surface area contributed by atoms with Gasteiger partial charge in [0, 0.05) is 26.3 Å². The number of rotatable bonds is 9. The highest BCUT2D eigenvalue weighted by Gasteiger charge is 2.02. The lowest BCUT2D eigenvalue weighted by Crippen LogP contribution is -2.31. The van der Waals surface area contributed by atoms with Gasteiger partial charge in [-0.1, -0.05) is 0 Å². The molecule has 0 saturated heterocycles. The molecule has 0 unspecified atom stereocenters. The largest absolute Gasteiger partial charge is 0.380 e. The lowest BCUT2D eigenvalue weighted by atomic mass is 10.4. The summed E-state index contributed by atoms with van der Waals surface area (Å²) >= 11 is 0. The lowest BCUT2D eigenvalue weighted by Gasteiger charge is -2.18. The van der Waals surface area contributed by atoms with Gasteiger partial charge in [-0.3, -0.25) is 4.90 Å². The van der Waals surface area contributed by atoms with Crippen LogP contribution in [-0.2, 0) is 9.47 Å². The first-order valence-electron chi connectivity index (χ1n) is 5.09. The molecule has 0 amide bonds. The van der Waals surface area contributed by atoms with Gasteiger partial charge in [-0.2, -0.15) is 5.26 Å². The van der Waals surface area contributed by atoms with Gasteiger partial charge in [-0.05, 0) is 13.8 Å². The Hall–Kier alpha value is -0.630. The van der Waals surface area contributed by atoms with E-state index in [1.165, 1.54) is 0 Å². The fourth-order valence-corrected chi connectivity index (χ4v) is 1.05. The molecule has 0 fully saturated rings. The van der Waals surface area contributed by atoms with Gasteiger partial charge >= 0.3 is 0 Å². The van der Waals surface area contributed by atoms with Crippen molar-refractivity contribution in [1.29, 1.82) is 5.26 Å². The second kappa shape index (κ2) is 10.5. The topological polar surface area (TPSA) is 45.5 Å². The van der Waals surface area contributed by atoms with E-state index in [-0.39, 0.29) is 0 Å². The highest BCUT2D eigenvalue weighted by Crippen LogP contribution is 1.89. The van der Waals surface area contributed by atoms with Crippen molar-refractivity contribution in [1.82, 2.24) is 4.90 Å². The van der Waals surface area contributed by atoms with Crippen molar-refractivity contribution < 1.29 is 9.47 Å². The molecule has 0 heterocycles. The Balaban J connectivity index is 3.50. The third kappa shape index (κ3) is 7.99. The first kappa shape index (κ1) is 13.4. The minimum Gasteiger partial charge on any atom is -0.380 e. The maximum atomic E-state index is 8.58. The van der Waals surface area contributed by atoms with Gasteiger partial charge in [-0.15, -0.1) is 0 Å². The van der Waals surface area contributed by atoms with Crippen molar-refractivity contribution in [3.63, 3.8) is 0 Å². The zero-order chi connectivity index (χ0) is 10.6. The molecule has 0 aromatic carbocycles.